The molecular weight excluding hydrogens is 329 g/mol. The lowest BCUT2D eigenvalue weighted by Crippen LogP contribution is -2.46. The van der Waals surface area contributed by atoms with Crippen LogP contribution in [-0.4, -0.2) is 53.3 Å². The van der Waals surface area contributed by atoms with Gasteiger partial charge in [0.1, 0.15) is 17.9 Å². The molecule has 0 atom stereocenters. The van der Waals surface area contributed by atoms with Gasteiger partial charge in [0, 0.05) is 39.4 Å². The van der Waals surface area contributed by atoms with Gasteiger partial charge >= 0.3 is 0 Å². The fourth-order valence-corrected chi connectivity index (χ4v) is 2.85. The molecule has 1 saturated heterocycles. The van der Waals surface area contributed by atoms with E-state index in [-0.39, 0.29) is 5.82 Å². The number of benzene rings is 1. The molecule has 4 rings (SSSR count). The van der Waals surface area contributed by atoms with Crippen molar-refractivity contribution in [3.63, 3.8) is 0 Å². The summed E-state index contributed by atoms with van der Waals surface area (Å²) in [6.07, 6.45) is 0. The highest BCUT2D eigenvalue weighted by Gasteiger charge is 2.22. The van der Waals surface area contributed by atoms with Crippen LogP contribution in [0.1, 0.15) is 11.7 Å². The quantitative estimate of drug-likeness (QED) is 0.691. The molecule has 0 bridgehead atoms. The van der Waals surface area contributed by atoms with Gasteiger partial charge in [-0.3, -0.25) is 4.90 Å². The first-order valence-corrected chi connectivity index (χ1v) is 8.05. The summed E-state index contributed by atoms with van der Waals surface area (Å²) < 4.78 is 29.2. The second-order valence-electron chi connectivity index (χ2n) is 5.91. The first-order valence-electron chi connectivity index (χ1n) is 8.05. The Labute approximate surface area is 143 Å². The number of oxazole rings is 1. The lowest BCUT2D eigenvalue weighted by Gasteiger charge is -2.32. The Morgan fingerprint density at radius 2 is 2.04 bits per heavy atom. The second kappa shape index (κ2) is 6.77. The first kappa shape index (κ1) is 16.0. The van der Waals surface area contributed by atoms with E-state index in [2.05, 4.69) is 24.9 Å². The average molecular weight is 347 g/mol. The molecule has 0 spiro atoms. The number of methoxy groups -OCH3 is 1. The van der Waals surface area contributed by atoms with Crippen molar-refractivity contribution < 1.29 is 18.1 Å². The Kier molecular flexibility index (Phi) is 4.33. The molecule has 0 N–H and O–H groups in total. The molecule has 2 aromatic heterocycles. The van der Waals surface area contributed by atoms with Crippen molar-refractivity contribution in [2.45, 2.75) is 13.2 Å². The lowest BCUT2D eigenvalue weighted by molar-refractivity contribution is 0.174. The van der Waals surface area contributed by atoms with Gasteiger partial charge in [-0.1, -0.05) is 5.16 Å². The van der Waals surface area contributed by atoms with E-state index in [4.69, 9.17) is 13.7 Å². The Bertz CT molecular complexity index is 856. The molecule has 3 heterocycles. The Balaban J connectivity index is 1.36. The number of aromatic nitrogens is 3. The molecule has 9 heteroatoms. The van der Waals surface area contributed by atoms with Crippen LogP contribution in [0.25, 0.3) is 11.1 Å². The van der Waals surface area contributed by atoms with Gasteiger partial charge in [0.15, 0.2) is 11.4 Å². The SMILES string of the molecule is COCc1noc(CN2CCN(c3nc4cc(F)ccc4o3)CC2)n1. The van der Waals surface area contributed by atoms with E-state index in [1.54, 1.807) is 13.2 Å². The number of fused-ring (bicyclic) bond motifs is 1. The van der Waals surface area contributed by atoms with Crippen LogP contribution in [0.2, 0.25) is 0 Å². The van der Waals surface area contributed by atoms with E-state index in [9.17, 15) is 4.39 Å². The predicted molar refractivity (Wildman–Crippen MR) is 86.5 cm³/mol. The molecule has 25 heavy (non-hydrogen) atoms. The van der Waals surface area contributed by atoms with Crippen molar-refractivity contribution >= 4 is 17.1 Å². The molecule has 1 aromatic carbocycles. The molecule has 3 aromatic rings. The molecule has 0 aliphatic carbocycles. The number of halogens is 1. The number of hydrogen-bond donors (Lipinski definition) is 0. The predicted octanol–water partition coefficient (Wildman–Crippen LogP) is 1.82. The van der Waals surface area contributed by atoms with Crippen LogP contribution in [0.3, 0.4) is 0 Å². The summed E-state index contributed by atoms with van der Waals surface area (Å²) in [5, 5.41) is 3.86. The minimum atomic E-state index is -0.315. The molecule has 132 valence electrons. The maximum Gasteiger partial charge on any atom is 0.298 e. The molecule has 1 aliphatic heterocycles. The van der Waals surface area contributed by atoms with Crippen molar-refractivity contribution in [1.82, 2.24) is 20.0 Å². The molecule has 0 radical (unpaired) electrons. The Morgan fingerprint density at radius 1 is 1.20 bits per heavy atom. The lowest BCUT2D eigenvalue weighted by atomic mass is 10.3. The normalized spacial score (nSPS) is 16.0. The monoisotopic (exact) mass is 347 g/mol. The van der Waals surface area contributed by atoms with Crippen LogP contribution in [0.5, 0.6) is 0 Å². The zero-order chi connectivity index (χ0) is 17.2. The zero-order valence-corrected chi connectivity index (χ0v) is 13.8. The van der Waals surface area contributed by atoms with Crippen molar-refractivity contribution in [2.24, 2.45) is 0 Å². The number of piperazine rings is 1. The summed E-state index contributed by atoms with van der Waals surface area (Å²) in [7, 11) is 1.59. The van der Waals surface area contributed by atoms with Gasteiger partial charge < -0.3 is 18.6 Å². The van der Waals surface area contributed by atoms with Crippen LogP contribution in [0.4, 0.5) is 10.4 Å². The Morgan fingerprint density at radius 3 is 2.84 bits per heavy atom. The van der Waals surface area contributed by atoms with E-state index < -0.39 is 0 Å². The third-order valence-corrected chi connectivity index (χ3v) is 4.12. The van der Waals surface area contributed by atoms with Gasteiger partial charge in [0.05, 0.1) is 6.54 Å². The second-order valence-corrected chi connectivity index (χ2v) is 5.91. The van der Waals surface area contributed by atoms with E-state index in [1.165, 1.54) is 12.1 Å². The maximum absolute atomic E-state index is 13.3. The van der Waals surface area contributed by atoms with Gasteiger partial charge in [-0.25, -0.2) is 4.39 Å². The number of ether oxygens (including phenoxy) is 1. The molecule has 0 saturated carbocycles. The van der Waals surface area contributed by atoms with Gasteiger partial charge in [0.25, 0.3) is 6.01 Å². The van der Waals surface area contributed by atoms with Gasteiger partial charge in [-0.15, -0.1) is 0 Å². The van der Waals surface area contributed by atoms with Crippen molar-refractivity contribution in [3.8, 4) is 0 Å². The standard InChI is InChI=1S/C16H18FN5O3/c1-23-10-14-19-15(25-20-14)9-21-4-6-22(7-5-21)16-18-12-8-11(17)2-3-13(12)24-16/h2-3,8H,4-7,9-10H2,1H3. The van der Waals surface area contributed by atoms with Crippen LogP contribution >= 0.6 is 0 Å². The summed E-state index contributed by atoms with van der Waals surface area (Å²) in [6, 6.07) is 4.88. The van der Waals surface area contributed by atoms with Gasteiger partial charge in [-0.05, 0) is 12.1 Å². The number of anilines is 1. The van der Waals surface area contributed by atoms with Crippen molar-refractivity contribution in [2.75, 3.05) is 38.2 Å². The highest BCUT2D eigenvalue weighted by atomic mass is 19.1. The van der Waals surface area contributed by atoms with Crippen molar-refractivity contribution in [1.29, 1.82) is 0 Å². The van der Waals surface area contributed by atoms with Crippen LogP contribution in [-0.2, 0) is 17.9 Å². The third-order valence-electron chi connectivity index (χ3n) is 4.12. The van der Waals surface area contributed by atoms with E-state index in [0.29, 0.717) is 42.0 Å². The summed E-state index contributed by atoms with van der Waals surface area (Å²) in [5.41, 5.74) is 1.13. The van der Waals surface area contributed by atoms with Crippen molar-refractivity contribution in [3.05, 3.63) is 35.7 Å². The Hall–Kier alpha value is -2.52. The van der Waals surface area contributed by atoms with Crippen LogP contribution < -0.4 is 4.90 Å². The molecule has 1 fully saturated rings. The van der Waals surface area contributed by atoms with Gasteiger partial charge in [0.2, 0.25) is 5.89 Å². The third kappa shape index (κ3) is 3.47. The largest absolute Gasteiger partial charge is 0.423 e. The first-order chi connectivity index (χ1) is 12.2. The summed E-state index contributed by atoms with van der Waals surface area (Å²) in [5.74, 6) is 0.817. The van der Waals surface area contributed by atoms with E-state index >= 15 is 0 Å². The molecule has 8 nitrogen and oxygen atoms in total. The fraction of sp³-hybridized carbons (Fsp3) is 0.438. The zero-order valence-electron chi connectivity index (χ0n) is 13.8. The molecule has 0 amide bonds. The minimum Gasteiger partial charge on any atom is -0.423 e. The average Bonchev–Trinajstić information content (AvgIpc) is 3.22. The minimum absolute atomic E-state index is 0.315. The molecule has 0 unspecified atom stereocenters. The summed E-state index contributed by atoms with van der Waals surface area (Å²) >= 11 is 0. The maximum atomic E-state index is 13.3. The van der Waals surface area contributed by atoms with Crippen LogP contribution in [0.15, 0.2) is 27.1 Å². The number of rotatable bonds is 5. The van der Waals surface area contributed by atoms with Gasteiger partial charge in [-0.2, -0.15) is 9.97 Å². The number of nitrogens with zero attached hydrogens (tertiary/aromatic N) is 5. The summed E-state index contributed by atoms with van der Waals surface area (Å²) in [4.78, 5) is 12.9. The fourth-order valence-electron chi connectivity index (χ4n) is 2.85. The smallest absolute Gasteiger partial charge is 0.298 e. The topological polar surface area (TPSA) is 80.7 Å². The summed E-state index contributed by atoms with van der Waals surface area (Å²) in [6.45, 7) is 4.09. The van der Waals surface area contributed by atoms with E-state index in [1.807, 2.05) is 0 Å². The van der Waals surface area contributed by atoms with Crippen LogP contribution in [0, 0.1) is 5.82 Å². The number of hydrogen-bond acceptors (Lipinski definition) is 8. The highest BCUT2D eigenvalue weighted by Crippen LogP contribution is 2.23. The highest BCUT2D eigenvalue weighted by molar-refractivity contribution is 5.74. The molecule has 1 aliphatic rings. The van der Waals surface area contributed by atoms with E-state index in [0.717, 1.165) is 26.2 Å². The molecular formula is C16H18FN5O3.